The van der Waals surface area contributed by atoms with E-state index in [-0.39, 0.29) is 5.52 Å². The van der Waals surface area contributed by atoms with E-state index in [0.717, 1.165) is 216 Å². The molecule has 3 aliphatic heterocycles. The number of nitrogens with one attached hydrogen (secondary N) is 8. The van der Waals surface area contributed by atoms with Crippen LogP contribution in [0.1, 0.15) is 48.8 Å². The highest BCUT2D eigenvalue weighted by atomic mass is 35.5. The van der Waals surface area contributed by atoms with Crippen LogP contribution in [0.15, 0.2) is 329 Å². The maximum atomic E-state index is 12.9. The standard InChI is InChI=1S/C17H18N4.C16H16N4O.C16H16N4.C14H14N4.C13H10ClN3.C13H8F3N3.C13H11N3.C12H7Cl2N3/c1-4-10-21(11-5-1)13-7-8-14-16(12-13)20-17(19-14)15-6-2-3-9-18-15;1-2-6-17-14(3-1)16-18-13-5-4-12(11-15(13)19-16)20-7-9-21-10-8-20;1-2-8-17-14(5-1)16-18-13-7-6-12(11-15(13)19-16)20-9-3-4-10-20;1-18(2)10-6-7-11-13(9-10)17-14(16-11)12-5-3-4-8-15-12;1-8-6-9(14)12-11(7-8)16-13(17-12)10-4-2-3-5-15-10;14-13(15,16)8-4-3-6-9-11(8)19-12(18-9)10-5-1-2-7-17-10;1-9-5-6-10-12(8-9)16-13(15-10)11-4-2-3-7-14-11;13-7-5-8(14)11-10(6-7)16-12(17-11)9-3-1-2-4-15-9/h2-3,6-9,12H,1,4-5,10-11H2,(H,19,20);1-6,11H,7-10H2,(H,18,19);1-2,5-8,11H,3-4,9-10H2,(H,18,19);3-9H,1-2H3,(H,16,17);2-7H,1H3,(H,16,17);1-7H,(H,18,19);2-8H,1H3,(H,15,16);1-6H,(H,16,17). The average Bonchev–Trinajstić information content (AvgIpc) is 1.63. The van der Waals surface area contributed by atoms with Crippen molar-refractivity contribution in [1.82, 2.24) is 120 Å². The molecule has 35 heteroatoms. The Balaban J connectivity index is 0.000000103. The van der Waals surface area contributed by atoms with Crippen LogP contribution < -0.4 is 19.6 Å². The van der Waals surface area contributed by atoms with Gasteiger partial charge < -0.3 is 64.2 Å². The molecule has 744 valence electrons. The number of hydrogen-bond acceptors (Lipinski definition) is 21. The van der Waals surface area contributed by atoms with Gasteiger partial charge in [-0.25, -0.2) is 39.9 Å². The first-order valence-electron chi connectivity index (χ1n) is 48.6. The molecule has 0 aliphatic carbocycles. The molecule has 3 aliphatic rings. The summed E-state index contributed by atoms with van der Waals surface area (Å²) in [4.78, 5) is 105. The number of aromatic amines is 8. The first-order chi connectivity index (χ1) is 72.8. The minimum Gasteiger partial charge on any atom is -0.378 e. The van der Waals surface area contributed by atoms with Gasteiger partial charge in [0, 0.05) is 131 Å². The van der Waals surface area contributed by atoms with E-state index in [2.05, 4.69) is 225 Å². The van der Waals surface area contributed by atoms with Gasteiger partial charge >= 0.3 is 6.18 Å². The molecule has 29 nitrogen and oxygen atoms in total. The van der Waals surface area contributed by atoms with E-state index in [0.29, 0.717) is 43.4 Å². The van der Waals surface area contributed by atoms with Crippen LogP contribution in [0, 0.1) is 13.8 Å². The number of anilines is 4. The number of aryl methyl sites for hydroxylation is 2. The lowest BCUT2D eigenvalue weighted by Gasteiger charge is -2.28. The lowest BCUT2D eigenvalue weighted by Crippen LogP contribution is -2.36. The molecule has 0 amide bonds. The van der Waals surface area contributed by atoms with Gasteiger partial charge in [0.15, 0.2) is 46.6 Å². The van der Waals surface area contributed by atoms with Gasteiger partial charge in [-0.2, -0.15) is 13.2 Å². The van der Waals surface area contributed by atoms with Crippen LogP contribution in [0.5, 0.6) is 0 Å². The van der Waals surface area contributed by atoms with Crippen molar-refractivity contribution >= 4 is 146 Å². The molecule has 8 aromatic carbocycles. The second-order valence-electron chi connectivity index (χ2n) is 35.6. The molecule has 19 heterocycles. The third kappa shape index (κ3) is 24.2. The van der Waals surface area contributed by atoms with Gasteiger partial charge in [-0.05, 0) is 275 Å². The molecule has 16 aromatic heterocycles. The van der Waals surface area contributed by atoms with Gasteiger partial charge in [0.05, 0.1) is 101 Å². The van der Waals surface area contributed by atoms with Crippen molar-refractivity contribution in [3.05, 3.63) is 360 Å². The summed E-state index contributed by atoms with van der Waals surface area (Å²) in [5.41, 5.74) is 26.7. The van der Waals surface area contributed by atoms with Crippen molar-refractivity contribution in [2.24, 2.45) is 0 Å². The maximum Gasteiger partial charge on any atom is 0.418 e. The zero-order chi connectivity index (χ0) is 102. The zero-order valence-electron chi connectivity index (χ0n) is 81.5. The van der Waals surface area contributed by atoms with E-state index >= 15 is 0 Å². The summed E-state index contributed by atoms with van der Waals surface area (Å²) < 4.78 is 44.0. The van der Waals surface area contributed by atoms with Crippen LogP contribution in [0.3, 0.4) is 0 Å². The summed E-state index contributed by atoms with van der Waals surface area (Å²) in [5.74, 6) is 5.86. The van der Waals surface area contributed by atoms with Crippen LogP contribution >= 0.6 is 34.8 Å². The molecule has 0 unspecified atom stereocenters. The van der Waals surface area contributed by atoms with Crippen LogP contribution in [0.25, 0.3) is 180 Å². The predicted molar refractivity (Wildman–Crippen MR) is 589 cm³/mol. The largest absolute Gasteiger partial charge is 0.418 e. The summed E-state index contributed by atoms with van der Waals surface area (Å²) in [7, 11) is 4.05. The Kier molecular flexibility index (Phi) is 30.4. The van der Waals surface area contributed by atoms with Gasteiger partial charge in [-0.1, -0.05) is 95.5 Å². The molecule has 0 atom stereocenters. The van der Waals surface area contributed by atoms with E-state index in [9.17, 15) is 13.2 Å². The Morgan fingerprint density at radius 1 is 0.275 bits per heavy atom. The number of alkyl halides is 3. The summed E-state index contributed by atoms with van der Waals surface area (Å²) in [5, 5.41) is 1.78. The van der Waals surface area contributed by atoms with E-state index < -0.39 is 11.7 Å². The number of halogens is 6. The number of hydrogen-bond donors (Lipinski definition) is 8. The van der Waals surface area contributed by atoms with Gasteiger partial charge in [-0.3, -0.25) is 39.9 Å². The number of benzene rings is 8. The van der Waals surface area contributed by atoms with Gasteiger partial charge in [0.25, 0.3) is 0 Å². The fourth-order valence-corrected chi connectivity index (χ4v) is 18.3. The number of H-pyrrole nitrogens is 8. The number of nitrogens with zero attached hydrogens (tertiary/aromatic N) is 20. The molecule has 0 spiro atoms. The molecule has 0 radical (unpaired) electrons. The highest BCUT2D eigenvalue weighted by Gasteiger charge is 2.34. The summed E-state index contributed by atoms with van der Waals surface area (Å²) in [6.07, 6.45) is 16.0. The molecule has 0 saturated carbocycles. The molecule has 24 aromatic rings. The van der Waals surface area contributed by atoms with Gasteiger partial charge in [-0.15, -0.1) is 0 Å². The molecule has 3 saturated heterocycles. The first kappa shape index (κ1) is 98.9. The monoisotopic (exact) mass is 2040 g/mol. The van der Waals surface area contributed by atoms with Crippen molar-refractivity contribution < 1.29 is 17.9 Å². The third-order valence-electron chi connectivity index (χ3n) is 24.9. The van der Waals surface area contributed by atoms with E-state index in [1.165, 1.54) is 60.8 Å². The Bertz CT molecular complexity index is 8340. The van der Waals surface area contributed by atoms with Crippen molar-refractivity contribution in [3.63, 3.8) is 0 Å². The van der Waals surface area contributed by atoms with Crippen molar-refractivity contribution in [1.29, 1.82) is 0 Å². The predicted octanol–water partition coefficient (Wildman–Crippen LogP) is 26.1. The number of pyridine rings is 8. The zero-order valence-corrected chi connectivity index (χ0v) is 83.8. The SMILES string of the molecule is CN(C)c1ccc2nc(-c3ccccn3)[nH]c2c1.Cc1cc(Cl)c2nc(-c3ccccn3)[nH]c2c1.Cc1ccc2nc(-c3ccccn3)[nH]c2c1.Clc1cc(Cl)c2nc(-c3ccccn3)[nH]c2c1.FC(F)(F)c1cccc2[nH]c(-c3ccccn3)nc12.c1ccc(-c2nc3ccc(N4CCCC4)cc3[nH]2)nc1.c1ccc(-c2nc3ccc(N4CCCCC4)cc3[nH]2)nc1.c1ccc(-c2nc3ccc(N4CCOCC4)cc3[nH]2)nc1. The summed E-state index contributed by atoms with van der Waals surface area (Å²) >= 11 is 18.2. The Morgan fingerprint density at radius 3 is 0.940 bits per heavy atom. The maximum absolute atomic E-state index is 12.9. The molecular weight excluding hydrogens is 1940 g/mol. The molecule has 3 fully saturated rings. The topological polar surface area (TPSA) is 355 Å². The number of piperidine rings is 1. The number of para-hydroxylation sites is 1. The van der Waals surface area contributed by atoms with Crippen molar-refractivity contribution in [2.75, 3.05) is 86.2 Å². The second-order valence-corrected chi connectivity index (χ2v) is 36.8. The highest BCUT2D eigenvalue weighted by molar-refractivity contribution is 6.38. The average molecular weight is 2040 g/mol. The van der Waals surface area contributed by atoms with Crippen LogP contribution in [-0.2, 0) is 10.9 Å². The number of ether oxygens (including phenoxy) is 1. The minimum atomic E-state index is -4.42. The summed E-state index contributed by atoms with van der Waals surface area (Å²) in [6, 6.07) is 88.7. The third-order valence-corrected chi connectivity index (χ3v) is 25.6. The van der Waals surface area contributed by atoms with Crippen LogP contribution in [0.2, 0.25) is 15.1 Å². The normalized spacial score (nSPS) is 12.9. The Labute approximate surface area is 868 Å². The van der Waals surface area contributed by atoms with E-state index in [1.54, 1.807) is 86.0 Å². The Morgan fingerprint density at radius 2 is 0.577 bits per heavy atom. The number of rotatable bonds is 12. The molecular formula is C114H100Cl3F3N28O. The van der Waals surface area contributed by atoms with Gasteiger partial charge in [0.2, 0.25) is 0 Å². The van der Waals surface area contributed by atoms with Crippen molar-refractivity contribution in [3.8, 4) is 92.1 Å². The molecule has 149 heavy (non-hydrogen) atoms. The van der Waals surface area contributed by atoms with Gasteiger partial charge in [0.1, 0.15) is 62.1 Å². The van der Waals surface area contributed by atoms with Crippen LogP contribution in [0.4, 0.5) is 35.9 Å². The number of imidazole rings is 8. The molecule has 27 rings (SSSR count). The minimum absolute atomic E-state index is 0.0874. The summed E-state index contributed by atoms with van der Waals surface area (Å²) in [6.45, 7) is 12.2. The Hall–Kier alpha value is -17.5. The quantitative estimate of drug-likeness (QED) is 0.0563. The lowest BCUT2D eigenvalue weighted by atomic mass is 10.1. The molecule has 8 N–H and O–H groups in total. The van der Waals surface area contributed by atoms with Crippen molar-refractivity contribution in [2.45, 2.75) is 52.1 Å². The van der Waals surface area contributed by atoms with Crippen LogP contribution in [-0.4, -0.2) is 186 Å². The fraction of sp³-hybridized carbons (Fsp3) is 0.158. The smallest absolute Gasteiger partial charge is 0.378 e. The fourth-order valence-electron chi connectivity index (χ4n) is 17.4. The number of fused-ring (bicyclic) bond motifs is 8. The molecule has 0 bridgehead atoms. The lowest BCUT2D eigenvalue weighted by molar-refractivity contribution is -0.136. The number of morpholine rings is 1. The van der Waals surface area contributed by atoms with E-state index in [4.69, 9.17) is 39.5 Å². The second kappa shape index (κ2) is 45.9. The first-order valence-corrected chi connectivity index (χ1v) is 49.8. The highest BCUT2D eigenvalue weighted by Crippen LogP contribution is 2.38. The van der Waals surface area contributed by atoms with E-state index in [1.807, 2.05) is 173 Å². The number of aromatic nitrogens is 24.